The molecule has 0 bridgehead atoms. The first-order valence-corrected chi connectivity index (χ1v) is 2.36. The summed E-state index contributed by atoms with van der Waals surface area (Å²) in [7, 11) is 1.63. The Balaban J connectivity index is 2.72. The first-order valence-electron chi connectivity index (χ1n) is 2.36. The summed E-state index contributed by atoms with van der Waals surface area (Å²) < 4.78 is 8.97. The average Bonchev–Trinajstić information content (AvgIpc) is 1.66. The van der Waals surface area contributed by atoms with E-state index < -0.39 is 0 Å². The lowest BCUT2D eigenvalue weighted by atomic mass is 10.3. The SMILES string of the molecule is CC(C)O[B]O[B]O. The molecule has 0 aliphatic rings. The molecule has 0 fully saturated rings. The normalized spacial score (nSPS) is 9.50. The molecule has 0 aromatic carbocycles. The Hall–Kier alpha value is 0.00987. The molecule has 0 atom stereocenters. The van der Waals surface area contributed by atoms with Crippen LogP contribution in [0.15, 0.2) is 0 Å². The molecule has 0 amide bonds. The molecule has 2 radical (unpaired) electrons. The minimum absolute atomic E-state index is 0.0925. The van der Waals surface area contributed by atoms with Crippen molar-refractivity contribution in [3.05, 3.63) is 0 Å². The molecule has 0 aromatic rings. The Kier molecular flexibility index (Phi) is 5.16. The van der Waals surface area contributed by atoms with E-state index in [0.717, 1.165) is 7.69 Å². The van der Waals surface area contributed by atoms with E-state index in [-0.39, 0.29) is 6.10 Å². The van der Waals surface area contributed by atoms with Gasteiger partial charge in [-0.15, -0.1) is 0 Å². The Labute approximate surface area is 50.6 Å². The smallest absolute Gasteiger partial charge is 0.456 e. The fourth-order valence-electron chi connectivity index (χ4n) is 0.168. The van der Waals surface area contributed by atoms with E-state index in [4.69, 9.17) is 9.68 Å². The average molecular weight is 114 g/mol. The molecule has 8 heavy (non-hydrogen) atoms. The minimum atomic E-state index is 0.0925. The van der Waals surface area contributed by atoms with Crippen molar-refractivity contribution in [3.8, 4) is 0 Å². The van der Waals surface area contributed by atoms with E-state index in [1.54, 1.807) is 0 Å². The maximum absolute atomic E-state index is 7.92. The van der Waals surface area contributed by atoms with Gasteiger partial charge in [0.1, 0.15) is 0 Å². The lowest BCUT2D eigenvalue weighted by molar-refractivity contribution is 0.219. The van der Waals surface area contributed by atoms with E-state index in [9.17, 15) is 0 Å². The Morgan fingerprint density at radius 2 is 2.12 bits per heavy atom. The molecule has 5 heteroatoms. The molecule has 0 aromatic heterocycles. The van der Waals surface area contributed by atoms with Crippen LogP contribution in [0, 0.1) is 0 Å². The summed E-state index contributed by atoms with van der Waals surface area (Å²) in [6, 6.07) is 0. The van der Waals surface area contributed by atoms with Crippen LogP contribution in [0.25, 0.3) is 0 Å². The molecule has 0 saturated carbocycles. The lowest BCUT2D eigenvalue weighted by Crippen LogP contribution is -2.12. The third-order valence-corrected chi connectivity index (χ3v) is 0.444. The van der Waals surface area contributed by atoms with Crippen molar-refractivity contribution in [2.24, 2.45) is 0 Å². The molecule has 1 N–H and O–H groups in total. The highest BCUT2D eigenvalue weighted by Gasteiger charge is 1.95. The van der Waals surface area contributed by atoms with Crippen LogP contribution in [0.3, 0.4) is 0 Å². The molecule has 44 valence electrons. The van der Waals surface area contributed by atoms with Crippen LogP contribution in [0.1, 0.15) is 13.8 Å². The number of rotatable bonds is 4. The third-order valence-electron chi connectivity index (χ3n) is 0.444. The number of hydrogen-bond donors (Lipinski definition) is 1. The largest absolute Gasteiger partial charge is 0.473 e. The second-order valence-electron chi connectivity index (χ2n) is 1.52. The molecule has 0 unspecified atom stereocenters. The highest BCUT2D eigenvalue weighted by molar-refractivity contribution is 6.33. The van der Waals surface area contributed by atoms with Crippen LogP contribution in [0.5, 0.6) is 0 Å². The van der Waals surface area contributed by atoms with Crippen molar-refractivity contribution < 1.29 is 14.3 Å². The van der Waals surface area contributed by atoms with Gasteiger partial charge in [0.25, 0.3) is 0 Å². The predicted octanol–water partition coefficient (Wildman–Crippen LogP) is -0.511. The van der Waals surface area contributed by atoms with E-state index in [1.807, 2.05) is 13.8 Å². The minimum Gasteiger partial charge on any atom is -0.456 e. The molecule has 0 saturated heterocycles. The molecule has 0 heterocycles. The summed E-state index contributed by atoms with van der Waals surface area (Å²) >= 11 is 0. The van der Waals surface area contributed by atoms with Crippen LogP contribution in [0.4, 0.5) is 0 Å². The van der Waals surface area contributed by atoms with Gasteiger partial charge in [0.05, 0.1) is 0 Å². The highest BCUT2D eigenvalue weighted by atomic mass is 16.6. The van der Waals surface area contributed by atoms with E-state index in [1.165, 1.54) is 0 Å². The van der Waals surface area contributed by atoms with Crippen LogP contribution in [0.2, 0.25) is 0 Å². The summed E-state index contributed by atoms with van der Waals surface area (Å²) in [4.78, 5) is 0. The van der Waals surface area contributed by atoms with Gasteiger partial charge in [-0.1, -0.05) is 0 Å². The summed E-state index contributed by atoms with van der Waals surface area (Å²) in [6.07, 6.45) is 0.0925. The van der Waals surface area contributed by atoms with Crippen molar-refractivity contribution in [2.75, 3.05) is 0 Å². The zero-order chi connectivity index (χ0) is 6.41. The van der Waals surface area contributed by atoms with Crippen molar-refractivity contribution in [1.82, 2.24) is 0 Å². The zero-order valence-corrected chi connectivity index (χ0v) is 5.00. The summed E-state index contributed by atoms with van der Waals surface area (Å²) in [5.74, 6) is 0. The molecule has 0 rings (SSSR count). The second-order valence-corrected chi connectivity index (χ2v) is 1.52. The quantitative estimate of drug-likeness (QED) is 0.394. The topological polar surface area (TPSA) is 38.7 Å². The van der Waals surface area contributed by atoms with Crippen LogP contribution in [-0.4, -0.2) is 26.5 Å². The maximum atomic E-state index is 7.92. The second kappa shape index (κ2) is 5.15. The van der Waals surface area contributed by atoms with Crippen molar-refractivity contribution >= 4 is 15.4 Å². The van der Waals surface area contributed by atoms with Crippen LogP contribution in [-0.2, 0) is 9.23 Å². The van der Waals surface area contributed by atoms with Gasteiger partial charge in [-0.05, 0) is 13.8 Å². The molecule has 0 spiro atoms. The Morgan fingerprint density at radius 3 is 2.50 bits per heavy atom. The fourth-order valence-corrected chi connectivity index (χ4v) is 0.168. The predicted molar refractivity (Wildman–Crippen MR) is 31.0 cm³/mol. The summed E-state index contributed by atoms with van der Waals surface area (Å²) in [6.45, 7) is 3.72. The van der Waals surface area contributed by atoms with Gasteiger partial charge in [-0.2, -0.15) is 0 Å². The van der Waals surface area contributed by atoms with Gasteiger partial charge >= 0.3 is 15.4 Å². The monoisotopic (exact) mass is 114 g/mol. The summed E-state index contributed by atoms with van der Waals surface area (Å²) in [5.41, 5.74) is 0. The first-order chi connectivity index (χ1) is 3.77. The van der Waals surface area contributed by atoms with Gasteiger partial charge in [-0.3, -0.25) is 0 Å². The molecular weight excluding hydrogens is 106 g/mol. The highest BCUT2D eigenvalue weighted by Crippen LogP contribution is 1.83. The van der Waals surface area contributed by atoms with Gasteiger partial charge in [0, 0.05) is 6.10 Å². The zero-order valence-electron chi connectivity index (χ0n) is 5.00. The first kappa shape index (κ1) is 8.01. The van der Waals surface area contributed by atoms with Gasteiger partial charge < -0.3 is 14.3 Å². The third kappa shape index (κ3) is 6.01. The van der Waals surface area contributed by atoms with Gasteiger partial charge in [0.15, 0.2) is 0 Å². The molecule has 0 aliphatic heterocycles. The maximum Gasteiger partial charge on any atom is 0.473 e. The molecule has 0 aliphatic carbocycles. The number of hydrogen-bond acceptors (Lipinski definition) is 3. The van der Waals surface area contributed by atoms with Crippen molar-refractivity contribution in [3.63, 3.8) is 0 Å². The summed E-state index contributed by atoms with van der Waals surface area (Å²) in [5, 5.41) is 7.92. The fraction of sp³-hybridized carbons (Fsp3) is 1.00. The standard InChI is InChI=1S/C3H8B2O3/c1-3(2)7-5-8-4-6/h3,6H,1-2H3. The van der Waals surface area contributed by atoms with Gasteiger partial charge in [0.2, 0.25) is 0 Å². The van der Waals surface area contributed by atoms with E-state index in [0.29, 0.717) is 7.69 Å². The van der Waals surface area contributed by atoms with E-state index >= 15 is 0 Å². The Bertz CT molecular complexity index is 49.8. The van der Waals surface area contributed by atoms with Crippen molar-refractivity contribution in [1.29, 1.82) is 0 Å². The van der Waals surface area contributed by atoms with Crippen LogP contribution >= 0.6 is 0 Å². The van der Waals surface area contributed by atoms with E-state index in [2.05, 4.69) is 4.57 Å². The van der Waals surface area contributed by atoms with Crippen LogP contribution < -0.4 is 0 Å². The van der Waals surface area contributed by atoms with Gasteiger partial charge in [-0.25, -0.2) is 0 Å². The van der Waals surface area contributed by atoms with Crippen molar-refractivity contribution in [2.45, 2.75) is 20.0 Å². The Morgan fingerprint density at radius 1 is 1.50 bits per heavy atom. The molecular formula is C3H8B2O3. The lowest BCUT2D eigenvalue weighted by Gasteiger charge is -2.02. The molecule has 3 nitrogen and oxygen atoms in total.